The number of aromatic nitrogens is 7. The van der Waals surface area contributed by atoms with Crippen molar-refractivity contribution in [3.63, 3.8) is 0 Å². The summed E-state index contributed by atoms with van der Waals surface area (Å²) in [5.74, 6) is -0.214. The molecule has 3 aromatic carbocycles. The van der Waals surface area contributed by atoms with E-state index in [1.54, 1.807) is 65.0 Å². The van der Waals surface area contributed by atoms with Gasteiger partial charge >= 0.3 is 5.69 Å². The molecule has 1 saturated carbocycles. The molecule has 0 radical (unpaired) electrons. The first-order valence-corrected chi connectivity index (χ1v) is 23.7. The molecule has 16 heteroatoms. The van der Waals surface area contributed by atoms with E-state index >= 15 is 17.2 Å². The van der Waals surface area contributed by atoms with E-state index in [9.17, 15) is 4.79 Å². The molecule has 3 aliphatic heterocycles. The summed E-state index contributed by atoms with van der Waals surface area (Å²) in [7, 11) is -2.53. The zero-order chi connectivity index (χ0) is 44.9. The molecule has 2 bridgehead atoms. The summed E-state index contributed by atoms with van der Waals surface area (Å²) >= 11 is 0. The van der Waals surface area contributed by atoms with E-state index in [1.807, 2.05) is 17.6 Å². The van der Waals surface area contributed by atoms with Crippen molar-refractivity contribution in [1.29, 1.82) is 0 Å². The highest BCUT2D eigenvalue weighted by molar-refractivity contribution is 7.89. The maximum atomic E-state index is 16.2. The van der Waals surface area contributed by atoms with E-state index in [2.05, 4.69) is 44.1 Å². The quantitative estimate of drug-likeness (QED) is 0.165. The lowest BCUT2D eigenvalue weighted by Gasteiger charge is -2.36. The number of aryl methyl sites for hydroxylation is 3. The van der Waals surface area contributed by atoms with E-state index in [1.165, 1.54) is 21.5 Å². The van der Waals surface area contributed by atoms with Crippen LogP contribution in [0, 0.1) is 31.4 Å². The molecule has 11 rings (SSSR count). The van der Waals surface area contributed by atoms with Crippen LogP contribution in [0.4, 0.5) is 8.78 Å². The van der Waals surface area contributed by atoms with Crippen LogP contribution < -0.4 is 11.4 Å². The van der Waals surface area contributed by atoms with Crippen LogP contribution in [-0.4, -0.2) is 70.3 Å². The molecule has 3 fully saturated rings. The molecular formula is C48H53F2N9O4S. The molecule has 0 spiro atoms. The summed E-state index contributed by atoms with van der Waals surface area (Å²) in [6.45, 7) is 12.3. The Kier molecular flexibility index (Phi) is 9.06. The van der Waals surface area contributed by atoms with Gasteiger partial charge in [-0.3, -0.25) is 13.8 Å². The van der Waals surface area contributed by atoms with Gasteiger partial charge in [-0.05, 0) is 138 Å². The first-order valence-electron chi connectivity index (χ1n) is 22.3. The molecular weight excluding hydrogens is 837 g/mol. The first-order chi connectivity index (χ1) is 30.4. The second kappa shape index (κ2) is 14.0. The standard InChI is InChI=1S/C48H53F2N9O4S/c1-26-18-34(19-27(2)43(26)49)58-45(56-16-15-55(46(56)60)40-13-12-38-35(44(40)50)25-52-54(38)7)42-36(53-58)22-33-9-11-39(42)59(33)64(61,62)41-21-32-20-30(31-14-17-63-47(5,6)24-31)8-10-37(32)57(41)48(29(4)51)23-28(48)3/h8,10,12-13,15-16,18-21,25,28-29,31,33,39H,9,11,14,17,22-24,51H2,1-7H3/t28-,29?,31?,33+,39-,48-/m0/s1. The highest BCUT2D eigenvalue weighted by atomic mass is 32.2. The van der Waals surface area contributed by atoms with Crippen molar-refractivity contribution < 1.29 is 21.9 Å². The largest absolute Gasteiger partial charge is 0.376 e. The van der Waals surface area contributed by atoms with Crippen molar-refractivity contribution in [2.24, 2.45) is 18.7 Å². The summed E-state index contributed by atoms with van der Waals surface area (Å²) in [6, 6.07) is 13.4. The Morgan fingerprint density at radius 2 is 1.66 bits per heavy atom. The normalized spacial score (nSPS) is 24.8. The second-order valence-electron chi connectivity index (χ2n) is 19.5. The van der Waals surface area contributed by atoms with Crippen molar-refractivity contribution in [3.05, 3.63) is 117 Å². The lowest BCUT2D eigenvalue weighted by Crippen LogP contribution is -2.45. The van der Waals surface area contributed by atoms with Gasteiger partial charge in [0, 0.05) is 61.0 Å². The number of nitrogens with two attached hydrogens (primary N) is 1. The Hall–Kier alpha value is -5.42. The van der Waals surface area contributed by atoms with Gasteiger partial charge < -0.3 is 15.0 Å². The highest BCUT2D eigenvalue weighted by Crippen LogP contribution is 2.56. The second-order valence-corrected chi connectivity index (χ2v) is 21.3. The minimum atomic E-state index is -4.25. The fourth-order valence-electron chi connectivity index (χ4n) is 11.7. The number of benzene rings is 3. The van der Waals surface area contributed by atoms with Crippen LogP contribution in [0.3, 0.4) is 0 Å². The van der Waals surface area contributed by atoms with Crippen molar-refractivity contribution >= 4 is 31.8 Å². The third kappa shape index (κ3) is 5.87. The van der Waals surface area contributed by atoms with E-state index in [0.717, 1.165) is 35.7 Å². The van der Waals surface area contributed by atoms with Crippen LogP contribution in [-0.2, 0) is 33.8 Å². The Labute approximate surface area is 370 Å². The van der Waals surface area contributed by atoms with E-state index in [0.29, 0.717) is 65.3 Å². The number of hydrogen-bond donors (Lipinski definition) is 1. The number of nitrogens with zero attached hydrogens (tertiary/aromatic N) is 8. The molecule has 6 atom stereocenters. The molecule has 2 unspecified atom stereocenters. The van der Waals surface area contributed by atoms with Gasteiger partial charge in [0.2, 0.25) is 0 Å². The molecule has 4 aromatic heterocycles. The summed E-state index contributed by atoms with van der Waals surface area (Å²) in [4.78, 5) is 14.7. The molecule has 13 nitrogen and oxygen atoms in total. The summed E-state index contributed by atoms with van der Waals surface area (Å²) in [5, 5.41) is 10.6. The smallest absolute Gasteiger partial charge is 0.338 e. The summed E-state index contributed by atoms with van der Waals surface area (Å²) in [5.41, 5.74) is 10.5. The van der Waals surface area contributed by atoms with Crippen LogP contribution in [0.5, 0.6) is 0 Å². The Bertz CT molecular complexity index is 3240. The van der Waals surface area contributed by atoms with Crippen LogP contribution in [0.1, 0.15) is 99.7 Å². The minimum Gasteiger partial charge on any atom is -0.376 e. The molecule has 2 N–H and O–H groups in total. The number of rotatable bonds is 8. The number of imidazole rings is 1. The van der Waals surface area contributed by atoms with Crippen LogP contribution >= 0.6 is 0 Å². The van der Waals surface area contributed by atoms with Crippen LogP contribution in [0.2, 0.25) is 0 Å². The van der Waals surface area contributed by atoms with Crippen LogP contribution in [0.15, 0.2) is 76.9 Å². The predicted molar refractivity (Wildman–Crippen MR) is 240 cm³/mol. The van der Waals surface area contributed by atoms with E-state index in [4.69, 9.17) is 15.6 Å². The lowest BCUT2D eigenvalue weighted by molar-refractivity contribution is -0.0592. The molecule has 7 aromatic rings. The lowest BCUT2D eigenvalue weighted by atomic mass is 9.83. The summed E-state index contributed by atoms with van der Waals surface area (Å²) < 4.78 is 78.5. The number of hydrogen-bond acceptors (Lipinski definition) is 7. The Balaban J connectivity index is 1.08. The number of sulfonamides is 1. The SMILES string of the molecule is Cc1cc(-n2nc3c(c2-n2ccn(-c4ccc5c(cnn5C)c4F)c2=O)[C@@H]2CC[C@H](C3)N2S(=O)(=O)c2cc3cc(C4CCOC(C)(C)C4)ccc3n2[C@@]2(C(C)N)C[C@@H]2C)cc(C)c1F. The zero-order valence-electron chi connectivity index (χ0n) is 37.1. The molecule has 334 valence electrons. The molecule has 2 saturated heterocycles. The maximum absolute atomic E-state index is 16.2. The van der Waals surface area contributed by atoms with Crippen molar-refractivity contribution in [1.82, 2.24) is 37.6 Å². The zero-order valence-corrected chi connectivity index (χ0v) is 38.0. The van der Waals surface area contributed by atoms with Crippen molar-refractivity contribution in [2.45, 2.75) is 120 Å². The van der Waals surface area contributed by atoms with Gasteiger partial charge in [0.25, 0.3) is 10.0 Å². The predicted octanol–water partition coefficient (Wildman–Crippen LogP) is 7.76. The van der Waals surface area contributed by atoms with Gasteiger partial charge in [-0.1, -0.05) is 13.0 Å². The fraction of sp³-hybridized carbons (Fsp3) is 0.438. The number of fused-ring (bicyclic) bond motifs is 6. The minimum absolute atomic E-state index is 0.0386. The van der Waals surface area contributed by atoms with Crippen LogP contribution in [0.25, 0.3) is 39.0 Å². The average Bonchev–Trinajstić information content (AvgIpc) is 3.81. The highest BCUT2D eigenvalue weighted by Gasteiger charge is 2.59. The third-order valence-electron chi connectivity index (χ3n) is 15.0. The first kappa shape index (κ1) is 41.3. The van der Waals surface area contributed by atoms with Crippen molar-refractivity contribution in [2.75, 3.05) is 6.61 Å². The molecule has 0 amide bonds. The topological polar surface area (TPSA) is 140 Å². The van der Waals surface area contributed by atoms with Gasteiger partial charge in [0.15, 0.2) is 10.8 Å². The van der Waals surface area contributed by atoms with E-state index < -0.39 is 39.2 Å². The number of halogens is 2. The Morgan fingerprint density at radius 3 is 2.36 bits per heavy atom. The Morgan fingerprint density at radius 1 is 0.938 bits per heavy atom. The average molecular weight is 890 g/mol. The van der Waals surface area contributed by atoms with Gasteiger partial charge in [-0.15, -0.1) is 0 Å². The fourth-order valence-corrected chi connectivity index (χ4v) is 13.8. The molecule has 4 aliphatic rings. The van der Waals surface area contributed by atoms with Gasteiger partial charge in [-0.25, -0.2) is 26.7 Å². The monoisotopic (exact) mass is 889 g/mol. The van der Waals surface area contributed by atoms with Gasteiger partial charge in [-0.2, -0.15) is 14.5 Å². The van der Waals surface area contributed by atoms with Gasteiger partial charge in [0.05, 0.1) is 51.4 Å². The number of ether oxygens (including phenoxy) is 1. The molecule has 1 aliphatic carbocycles. The molecule has 64 heavy (non-hydrogen) atoms. The van der Waals surface area contributed by atoms with Crippen molar-refractivity contribution in [3.8, 4) is 17.2 Å². The maximum Gasteiger partial charge on any atom is 0.338 e. The summed E-state index contributed by atoms with van der Waals surface area (Å²) in [6.07, 6.45) is 8.34. The third-order valence-corrected chi connectivity index (χ3v) is 16.9. The van der Waals surface area contributed by atoms with E-state index in [-0.39, 0.29) is 45.4 Å². The van der Waals surface area contributed by atoms with Gasteiger partial charge in [0.1, 0.15) is 11.6 Å². The molecule has 7 heterocycles.